The Morgan fingerprint density at radius 2 is 1.95 bits per heavy atom. The van der Waals surface area contributed by atoms with Crippen LogP contribution in [0.1, 0.15) is 24.5 Å². The van der Waals surface area contributed by atoms with E-state index in [2.05, 4.69) is 10.1 Å². The van der Waals surface area contributed by atoms with E-state index in [1.807, 2.05) is 0 Å². The van der Waals surface area contributed by atoms with Crippen molar-refractivity contribution in [3.63, 3.8) is 0 Å². The van der Waals surface area contributed by atoms with Crippen LogP contribution >= 0.6 is 0 Å². The molecule has 1 unspecified atom stereocenters. The van der Waals surface area contributed by atoms with E-state index in [4.69, 9.17) is 19.7 Å². The topological polar surface area (TPSA) is 83.4 Å². The zero-order valence-electron chi connectivity index (χ0n) is 11.5. The van der Waals surface area contributed by atoms with Gasteiger partial charge in [-0.25, -0.2) is 4.39 Å². The summed E-state index contributed by atoms with van der Waals surface area (Å²) in [6.45, 7) is 1.55. The number of halogens is 1. The van der Waals surface area contributed by atoms with Crippen molar-refractivity contribution in [2.24, 2.45) is 5.73 Å². The number of hydrogen-bond acceptors (Lipinski definition) is 6. The normalized spacial score (nSPS) is 12.2. The maximum Gasteiger partial charge on any atom is 0.240 e. The van der Waals surface area contributed by atoms with Crippen LogP contribution in [0, 0.1) is 0 Å². The number of nitrogens with two attached hydrogens (primary N) is 1. The van der Waals surface area contributed by atoms with Gasteiger partial charge in [0.25, 0.3) is 0 Å². The highest BCUT2D eigenvalue weighted by molar-refractivity contribution is 5.66. The van der Waals surface area contributed by atoms with Gasteiger partial charge < -0.3 is 19.7 Å². The number of aromatic nitrogens is 2. The molecular weight excluding hydrogens is 265 g/mol. The quantitative estimate of drug-likeness (QED) is 0.905. The predicted molar refractivity (Wildman–Crippen MR) is 70.3 cm³/mol. The molecular formula is C13H16FN3O3. The molecule has 2 rings (SSSR count). The Kier molecular flexibility index (Phi) is 4.19. The molecule has 7 heteroatoms. The first kappa shape index (κ1) is 14.3. The Bertz CT molecular complexity index is 599. The van der Waals surface area contributed by atoms with Crippen molar-refractivity contribution in [2.75, 3.05) is 14.2 Å². The zero-order chi connectivity index (χ0) is 14.7. The minimum atomic E-state index is -1.22. The molecule has 0 aliphatic carbocycles. The maximum absolute atomic E-state index is 13.8. The van der Waals surface area contributed by atoms with Gasteiger partial charge in [0, 0.05) is 11.1 Å². The first-order valence-electron chi connectivity index (χ1n) is 6.03. The molecule has 0 radical (unpaired) electrons. The summed E-state index contributed by atoms with van der Waals surface area (Å²) in [5.41, 5.74) is 6.31. The summed E-state index contributed by atoms with van der Waals surface area (Å²) in [5.74, 6) is 1.46. The van der Waals surface area contributed by atoms with E-state index in [1.165, 1.54) is 21.1 Å². The lowest BCUT2D eigenvalue weighted by Crippen LogP contribution is -1.99. The van der Waals surface area contributed by atoms with E-state index in [0.29, 0.717) is 22.6 Å². The van der Waals surface area contributed by atoms with E-state index in [1.54, 1.807) is 12.1 Å². The molecule has 1 atom stereocenters. The van der Waals surface area contributed by atoms with Crippen molar-refractivity contribution in [1.82, 2.24) is 10.1 Å². The number of hydrogen-bond donors (Lipinski definition) is 1. The van der Waals surface area contributed by atoms with E-state index >= 15 is 0 Å². The summed E-state index contributed by atoms with van der Waals surface area (Å²) in [7, 11) is 2.99. The summed E-state index contributed by atoms with van der Waals surface area (Å²) < 4.78 is 29.1. The molecule has 2 N–H and O–H groups in total. The highest BCUT2D eigenvalue weighted by Gasteiger charge is 2.20. The molecule has 0 saturated carbocycles. The van der Waals surface area contributed by atoms with Gasteiger partial charge >= 0.3 is 0 Å². The van der Waals surface area contributed by atoms with Crippen LogP contribution in [0.15, 0.2) is 16.7 Å². The van der Waals surface area contributed by atoms with Gasteiger partial charge in [-0.3, -0.25) is 0 Å². The third kappa shape index (κ3) is 2.57. The van der Waals surface area contributed by atoms with Crippen LogP contribution in [0.3, 0.4) is 0 Å². The van der Waals surface area contributed by atoms with Crippen LogP contribution in [-0.4, -0.2) is 24.4 Å². The molecule has 0 saturated heterocycles. The third-order valence-corrected chi connectivity index (χ3v) is 2.87. The average molecular weight is 281 g/mol. The van der Waals surface area contributed by atoms with E-state index in [9.17, 15) is 4.39 Å². The van der Waals surface area contributed by atoms with Gasteiger partial charge in [0.05, 0.1) is 20.8 Å². The largest absolute Gasteiger partial charge is 0.493 e. The summed E-state index contributed by atoms with van der Waals surface area (Å²) in [5, 5.41) is 3.80. The second kappa shape index (κ2) is 5.87. The van der Waals surface area contributed by atoms with Crippen LogP contribution in [-0.2, 0) is 6.54 Å². The zero-order valence-corrected chi connectivity index (χ0v) is 11.5. The second-order valence-electron chi connectivity index (χ2n) is 4.13. The van der Waals surface area contributed by atoms with Crippen LogP contribution in [0.4, 0.5) is 4.39 Å². The molecule has 108 valence electrons. The molecule has 6 nitrogen and oxygen atoms in total. The molecule has 0 aliphatic rings. The van der Waals surface area contributed by atoms with Crippen molar-refractivity contribution in [3.8, 4) is 22.9 Å². The molecule has 1 aromatic heterocycles. The predicted octanol–water partition coefficient (Wildman–Crippen LogP) is 2.24. The lowest BCUT2D eigenvalue weighted by atomic mass is 10.0. The summed E-state index contributed by atoms with van der Waals surface area (Å²) in [4.78, 5) is 4.11. The van der Waals surface area contributed by atoms with Gasteiger partial charge in [-0.15, -0.1) is 0 Å². The summed E-state index contributed by atoms with van der Waals surface area (Å²) >= 11 is 0. The SMILES string of the molecule is COc1cc(-c2noc(CN)n2)c(C(C)F)cc1OC. The summed E-state index contributed by atoms with van der Waals surface area (Å²) in [6.07, 6.45) is -1.22. The Labute approximate surface area is 115 Å². The number of benzene rings is 1. The molecule has 1 aromatic carbocycles. The van der Waals surface area contributed by atoms with Crippen molar-refractivity contribution in [1.29, 1.82) is 0 Å². The molecule has 0 bridgehead atoms. The van der Waals surface area contributed by atoms with Gasteiger partial charge in [0.15, 0.2) is 11.5 Å². The Balaban J connectivity index is 2.60. The van der Waals surface area contributed by atoms with E-state index < -0.39 is 6.17 Å². The molecule has 0 fully saturated rings. The fourth-order valence-corrected chi connectivity index (χ4v) is 1.86. The standard InChI is InChI=1S/C13H16FN3O3/c1-7(14)8-4-10(18-2)11(19-3)5-9(8)13-16-12(6-15)20-17-13/h4-5,7H,6,15H2,1-3H3. The highest BCUT2D eigenvalue weighted by atomic mass is 19.1. The molecule has 1 heterocycles. The maximum atomic E-state index is 13.8. The highest BCUT2D eigenvalue weighted by Crippen LogP contribution is 2.38. The van der Waals surface area contributed by atoms with Crippen LogP contribution in [0.5, 0.6) is 11.5 Å². The minimum Gasteiger partial charge on any atom is -0.493 e. The average Bonchev–Trinajstić information content (AvgIpc) is 2.94. The van der Waals surface area contributed by atoms with Crippen molar-refractivity contribution >= 4 is 0 Å². The first-order chi connectivity index (χ1) is 9.60. The van der Waals surface area contributed by atoms with Crippen molar-refractivity contribution in [2.45, 2.75) is 19.6 Å². The summed E-state index contributed by atoms with van der Waals surface area (Å²) in [6, 6.07) is 3.19. The monoisotopic (exact) mass is 281 g/mol. The van der Waals surface area contributed by atoms with E-state index in [0.717, 1.165) is 0 Å². The fourth-order valence-electron chi connectivity index (χ4n) is 1.86. The molecule has 0 aliphatic heterocycles. The molecule has 20 heavy (non-hydrogen) atoms. The Hall–Kier alpha value is -2.15. The molecule has 2 aromatic rings. The van der Waals surface area contributed by atoms with Gasteiger partial charge in [-0.1, -0.05) is 5.16 Å². The van der Waals surface area contributed by atoms with Crippen molar-refractivity contribution in [3.05, 3.63) is 23.6 Å². The fraction of sp³-hybridized carbons (Fsp3) is 0.385. The number of alkyl halides is 1. The van der Waals surface area contributed by atoms with Gasteiger partial charge in [0.1, 0.15) is 6.17 Å². The smallest absolute Gasteiger partial charge is 0.240 e. The number of methoxy groups -OCH3 is 2. The Morgan fingerprint density at radius 1 is 1.30 bits per heavy atom. The molecule has 0 amide bonds. The molecule has 0 spiro atoms. The Morgan fingerprint density at radius 3 is 2.45 bits per heavy atom. The van der Waals surface area contributed by atoms with Crippen LogP contribution in [0.25, 0.3) is 11.4 Å². The van der Waals surface area contributed by atoms with Gasteiger partial charge in [-0.2, -0.15) is 4.98 Å². The van der Waals surface area contributed by atoms with Crippen LogP contribution < -0.4 is 15.2 Å². The lowest BCUT2D eigenvalue weighted by Gasteiger charge is -2.13. The minimum absolute atomic E-state index is 0.126. The number of nitrogens with zero attached hydrogens (tertiary/aromatic N) is 2. The van der Waals surface area contributed by atoms with E-state index in [-0.39, 0.29) is 18.3 Å². The second-order valence-corrected chi connectivity index (χ2v) is 4.13. The van der Waals surface area contributed by atoms with Crippen LogP contribution in [0.2, 0.25) is 0 Å². The van der Waals surface area contributed by atoms with Gasteiger partial charge in [0.2, 0.25) is 11.7 Å². The number of ether oxygens (including phenoxy) is 2. The van der Waals surface area contributed by atoms with Crippen molar-refractivity contribution < 1.29 is 18.4 Å². The third-order valence-electron chi connectivity index (χ3n) is 2.87. The number of rotatable bonds is 5. The van der Waals surface area contributed by atoms with Gasteiger partial charge in [-0.05, 0) is 19.1 Å². The first-order valence-corrected chi connectivity index (χ1v) is 6.03. The lowest BCUT2D eigenvalue weighted by molar-refractivity contribution is 0.347.